The van der Waals surface area contributed by atoms with Crippen LogP contribution in [0.1, 0.15) is 65.4 Å². The Morgan fingerprint density at radius 3 is 2.62 bits per heavy atom. The zero-order valence-corrected chi connectivity index (χ0v) is 14.1. The molecule has 2 heteroatoms. The number of ether oxygens (including phenoxy) is 1. The Morgan fingerprint density at radius 1 is 1.14 bits per heavy atom. The van der Waals surface area contributed by atoms with E-state index in [4.69, 9.17) is 4.74 Å². The fourth-order valence-corrected chi connectivity index (χ4v) is 3.12. The van der Waals surface area contributed by atoms with E-state index in [2.05, 4.69) is 57.3 Å². The lowest BCUT2D eigenvalue weighted by molar-refractivity contribution is 0.145. The Hall–Kier alpha value is -1.02. The Balaban J connectivity index is 2.11. The molecule has 1 N–H and O–H groups in total. The minimum Gasteiger partial charge on any atom is -0.489 e. The number of hydrogen-bond donors (Lipinski definition) is 1. The summed E-state index contributed by atoms with van der Waals surface area (Å²) in [4.78, 5) is 0. The fraction of sp³-hybridized carbons (Fsp3) is 0.684. The van der Waals surface area contributed by atoms with E-state index in [1.165, 1.54) is 31.2 Å². The van der Waals surface area contributed by atoms with E-state index in [0.29, 0.717) is 12.1 Å². The molecule has 0 saturated heterocycles. The zero-order chi connectivity index (χ0) is 15.3. The van der Waals surface area contributed by atoms with Crippen LogP contribution in [-0.4, -0.2) is 18.7 Å². The highest BCUT2D eigenvalue weighted by atomic mass is 16.5. The molecule has 1 aromatic carbocycles. The van der Waals surface area contributed by atoms with Crippen LogP contribution in [0.15, 0.2) is 24.3 Å². The van der Waals surface area contributed by atoms with Crippen LogP contribution in [0.4, 0.5) is 0 Å². The highest BCUT2D eigenvalue weighted by Crippen LogP contribution is 2.28. The number of nitrogens with one attached hydrogen (secondary N) is 1. The standard InChI is InChI=1S/C19H31NO/c1-5-20-17-12-7-6-8-13-18(17)21-16-11-9-10-15(14-16)19(2,3)4/h9-11,14,17-18,20H,5-8,12-13H2,1-4H3. The lowest BCUT2D eigenvalue weighted by atomic mass is 9.87. The Morgan fingerprint density at radius 2 is 1.90 bits per heavy atom. The molecule has 21 heavy (non-hydrogen) atoms. The van der Waals surface area contributed by atoms with Crippen LogP contribution in [0, 0.1) is 0 Å². The first-order valence-corrected chi connectivity index (χ1v) is 8.51. The molecule has 2 rings (SSSR count). The fourth-order valence-electron chi connectivity index (χ4n) is 3.12. The van der Waals surface area contributed by atoms with Crippen molar-refractivity contribution in [1.82, 2.24) is 5.32 Å². The number of hydrogen-bond acceptors (Lipinski definition) is 2. The summed E-state index contributed by atoms with van der Waals surface area (Å²) in [6, 6.07) is 9.13. The van der Waals surface area contributed by atoms with Crippen molar-refractivity contribution >= 4 is 0 Å². The van der Waals surface area contributed by atoms with Crippen LogP contribution in [0.25, 0.3) is 0 Å². The van der Waals surface area contributed by atoms with Crippen LogP contribution < -0.4 is 10.1 Å². The van der Waals surface area contributed by atoms with Gasteiger partial charge < -0.3 is 10.1 Å². The average Bonchev–Trinajstić information content (AvgIpc) is 2.65. The summed E-state index contributed by atoms with van der Waals surface area (Å²) in [5, 5.41) is 3.61. The van der Waals surface area contributed by atoms with Crippen molar-refractivity contribution in [3.63, 3.8) is 0 Å². The predicted octanol–water partition coefficient (Wildman–Crippen LogP) is 4.67. The van der Waals surface area contributed by atoms with Crippen molar-refractivity contribution in [2.45, 2.75) is 77.4 Å². The summed E-state index contributed by atoms with van der Waals surface area (Å²) in [6.45, 7) is 9.95. The summed E-state index contributed by atoms with van der Waals surface area (Å²) >= 11 is 0. The minimum atomic E-state index is 0.171. The molecular weight excluding hydrogens is 258 g/mol. The molecule has 1 aromatic rings. The quantitative estimate of drug-likeness (QED) is 0.813. The van der Waals surface area contributed by atoms with Gasteiger partial charge in [-0.1, -0.05) is 52.7 Å². The SMILES string of the molecule is CCNC1CCCCCC1Oc1cccc(C(C)(C)C)c1. The van der Waals surface area contributed by atoms with Crippen molar-refractivity contribution in [2.24, 2.45) is 0 Å². The second-order valence-electron chi connectivity index (χ2n) is 7.24. The molecular formula is C19H31NO. The molecule has 0 aliphatic heterocycles. The molecule has 2 nitrogen and oxygen atoms in total. The molecule has 1 saturated carbocycles. The van der Waals surface area contributed by atoms with Gasteiger partial charge in [-0.3, -0.25) is 0 Å². The predicted molar refractivity (Wildman–Crippen MR) is 90.1 cm³/mol. The molecule has 0 spiro atoms. The van der Waals surface area contributed by atoms with Crippen molar-refractivity contribution in [1.29, 1.82) is 0 Å². The second-order valence-corrected chi connectivity index (χ2v) is 7.24. The van der Waals surface area contributed by atoms with Gasteiger partial charge in [0.1, 0.15) is 11.9 Å². The van der Waals surface area contributed by atoms with Gasteiger partial charge >= 0.3 is 0 Å². The monoisotopic (exact) mass is 289 g/mol. The van der Waals surface area contributed by atoms with Gasteiger partial charge in [-0.05, 0) is 48.9 Å². The van der Waals surface area contributed by atoms with Gasteiger partial charge in [0.25, 0.3) is 0 Å². The molecule has 2 unspecified atom stereocenters. The molecule has 0 amide bonds. The van der Waals surface area contributed by atoms with Gasteiger partial charge in [0.05, 0.1) is 0 Å². The maximum absolute atomic E-state index is 6.37. The molecule has 0 bridgehead atoms. The van der Waals surface area contributed by atoms with E-state index in [9.17, 15) is 0 Å². The zero-order valence-electron chi connectivity index (χ0n) is 14.1. The maximum atomic E-state index is 6.37. The summed E-state index contributed by atoms with van der Waals surface area (Å²) in [5.74, 6) is 1.03. The number of likely N-dealkylation sites (N-methyl/N-ethyl adjacent to an activating group) is 1. The maximum Gasteiger partial charge on any atom is 0.120 e. The summed E-state index contributed by atoms with van der Waals surface area (Å²) < 4.78 is 6.37. The number of benzene rings is 1. The van der Waals surface area contributed by atoms with Gasteiger partial charge in [0.2, 0.25) is 0 Å². The first-order chi connectivity index (χ1) is 10.0. The van der Waals surface area contributed by atoms with Crippen LogP contribution in [0.5, 0.6) is 5.75 Å². The smallest absolute Gasteiger partial charge is 0.120 e. The lowest BCUT2D eigenvalue weighted by Gasteiger charge is -2.28. The van der Waals surface area contributed by atoms with Crippen molar-refractivity contribution in [2.75, 3.05) is 6.54 Å². The van der Waals surface area contributed by atoms with Gasteiger partial charge in [0, 0.05) is 6.04 Å². The van der Waals surface area contributed by atoms with Gasteiger partial charge in [0.15, 0.2) is 0 Å². The topological polar surface area (TPSA) is 21.3 Å². The van der Waals surface area contributed by atoms with Crippen LogP contribution in [-0.2, 0) is 5.41 Å². The summed E-state index contributed by atoms with van der Waals surface area (Å²) in [6.07, 6.45) is 6.65. The molecule has 1 aliphatic carbocycles. The highest BCUT2D eigenvalue weighted by molar-refractivity contribution is 5.32. The third-order valence-corrected chi connectivity index (χ3v) is 4.41. The van der Waals surface area contributed by atoms with E-state index >= 15 is 0 Å². The molecule has 2 atom stereocenters. The molecule has 1 fully saturated rings. The normalized spacial score (nSPS) is 23.6. The average molecular weight is 289 g/mol. The Bertz CT molecular complexity index is 435. The van der Waals surface area contributed by atoms with Gasteiger partial charge in [-0.15, -0.1) is 0 Å². The van der Waals surface area contributed by atoms with Crippen LogP contribution in [0.2, 0.25) is 0 Å². The molecule has 118 valence electrons. The third kappa shape index (κ3) is 4.74. The van der Waals surface area contributed by atoms with E-state index < -0.39 is 0 Å². The Labute approximate surface area is 130 Å². The van der Waals surface area contributed by atoms with Crippen LogP contribution >= 0.6 is 0 Å². The minimum absolute atomic E-state index is 0.171. The van der Waals surface area contributed by atoms with Crippen molar-refractivity contribution in [3.05, 3.63) is 29.8 Å². The van der Waals surface area contributed by atoms with E-state index in [1.807, 2.05) is 0 Å². The molecule has 0 aromatic heterocycles. The Kier molecular flexibility index (Phi) is 5.69. The first-order valence-electron chi connectivity index (χ1n) is 8.51. The highest BCUT2D eigenvalue weighted by Gasteiger charge is 2.25. The van der Waals surface area contributed by atoms with E-state index in [1.54, 1.807) is 0 Å². The lowest BCUT2D eigenvalue weighted by Crippen LogP contribution is -2.42. The van der Waals surface area contributed by atoms with Crippen LogP contribution in [0.3, 0.4) is 0 Å². The second kappa shape index (κ2) is 7.31. The number of rotatable bonds is 4. The largest absolute Gasteiger partial charge is 0.489 e. The van der Waals surface area contributed by atoms with E-state index in [-0.39, 0.29) is 5.41 Å². The molecule has 0 heterocycles. The van der Waals surface area contributed by atoms with Crippen molar-refractivity contribution < 1.29 is 4.74 Å². The summed E-state index contributed by atoms with van der Waals surface area (Å²) in [7, 11) is 0. The van der Waals surface area contributed by atoms with Gasteiger partial charge in [-0.25, -0.2) is 0 Å². The molecule has 0 radical (unpaired) electrons. The first kappa shape index (κ1) is 16.4. The summed E-state index contributed by atoms with van der Waals surface area (Å²) in [5.41, 5.74) is 1.51. The third-order valence-electron chi connectivity index (χ3n) is 4.41. The van der Waals surface area contributed by atoms with Gasteiger partial charge in [-0.2, -0.15) is 0 Å². The van der Waals surface area contributed by atoms with Crippen molar-refractivity contribution in [3.8, 4) is 5.75 Å². The van der Waals surface area contributed by atoms with E-state index in [0.717, 1.165) is 18.7 Å². The molecule has 1 aliphatic rings.